The maximum atomic E-state index is 5.75. The molecule has 0 aliphatic carbocycles. The van der Waals surface area contributed by atoms with E-state index in [1.165, 1.54) is 10.5 Å². The molecule has 1 unspecified atom stereocenters. The summed E-state index contributed by atoms with van der Waals surface area (Å²) in [5, 5.41) is 4.04. The van der Waals surface area contributed by atoms with Crippen LogP contribution in [0.5, 0.6) is 0 Å². The number of benzene rings is 1. The molecule has 1 aromatic heterocycles. The number of aryl methyl sites for hydroxylation is 1. The molecule has 0 aliphatic rings. The summed E-state index contributed by atoms with van der Waals surface area (Å²) in [5.41, 5.74) is 7.01. The third-order valence-electron chi connectivity index (χ3n) is 3.11. The zero-order valence-electron chi connectivity index (χ0n) is 12.0. The lowest BCUT2D eigenvalue weighted by molar-refractivity contribution is 0.344. The topological polar surface area (TPSA) is 64.9 Å². The summed E-state index contributed by atoms with van der Waals surface area (Å²) >= 11 is 1.72. The number of nitrogens with two attached hydrogens (primary N) is 1. The van der Waals surface area contributed by atoms with Crippen molar-refractivity contribution >= 4 is 11.8 Å². The predicted molar refractivity (Wildman–Crippen MR) is 81.7 cm³/mol. The fourth-order valence-electron chi connectivity index (χ4n) is 2.04. The first-order chi connectivity index (χ1) is 9.72. The van der Waals surface area contributed by atoms with Gasteiger partial charge in [0.1, 0.15) is 0 Å². The van der Waals surface area contributed by atoms with E-state index in [9.17, 15) is 0 Å². The maximum absolute atomic E-state index is 5.75. The SMILES string of the molecule is CCCC(CN)c1nc(CSc2cccc(C)c2)no1. The highest BCUT2D eigenvalue weighted by atomic mass is 32.2. The third-order valence-corrected chi connectivity index (χ3v) is 4.10. The van der Waals surface area contributed by atoms with Crippen molar-refractivity contribution in [1.82, 2.24) is 10.1 Å². The van der Waals surface area contributed by atoms with Crippen LogP contribution in [0.25, 0.3) is 0 Å². The quantitative estimate of drug-likeness (QED) is 0.791. The van der Waals surface area contributed by atoms with Crippen molar-refractivity contribution < 1.29 is 4.52 Å². The monoisotopic (exact) mass is 291 g/mol. The highest BCUT2D eigenvalue weighted by Crippen LogP contribution is 2.24. The second-order valence-electron chi connectivity index (χ2n) is 4.88. The lowest BCUT2D eigenvalue weighted by Crippen LogP contribution is -2.12. The zero-order valence-corrected chi connectivity index (χ0v) is 12.8. The fraction of sp³-hybridized carbons (Fsp3) is 0.467. The molecule has 0 radical (unpaired) electrons. The Hall–Kier alpha value is -1.33. The summed E-state index contributed by atoms with van der Waals surface area (Å²) < 4.78 is 5.33. The van der Waals surface area contributed by atoms with E-state index >= 15 is 0 Å². The van der Waals surface area contributed by atoms with Gasteiger partial charge >= 0.3 is 0 Å². The van der Waals surface area contributed by atoms with E-state index in [-0.39, 0.29) is 5.92 Å². The van der Waals surface area contributed by atoms with Crippen LogP contribution >= 0.6 is 11.8 Å². The molecule has 20 heavy (non-hydrogen) atoms. The van der Waals surface area contributed by atoms with Gasteiger partial charge in [-0.1, -0.05) is 36.2 Å². The van der Waals surface area contributed by atoms with Gasteiger partial charge in [-0.3, -0.25) is 0 Å². The summed E-state index contributed by atoms with van der Waals surface area (Å²) in [5.74, 6) is 2.32. The molecule has 2 rings (SSSR count). The largest absolute Gasteiger partial charge is 0.339 e. The highest BCUT2D eigenvalue weighted by Gasteiger charge is 2.16. The van der Waals surface area contributed by atoms with Gasteiger partial charge < -0.3 is 10.3 Å². The Labute approximate surface area is 124 Å². The molecule has 1 aromatic carbocycles. The lowest BCUT2D eigenvalue weighted by Gasteiger charge is -2.06. The molecule has 0 fully saturated rings. The number of thioether (sulfide) groups is 1. The van der Waals surface area contributed by atoms with Crippen LogP contribution in [0.4, 0.5) is 0 Å². The second-order valence-corrected chi connectivity index (χ2v) is 5.92. The van der Waals surface area contributed by atoms with Gasteiger partial charge in [-0.05, 0) is 25.5 Å². The van der Waals surface area contributed by atoms with Crippen molar-refractivity contribution in [3.8, 4) is 0 Å². The van der Waals surface area contributed by atoms with E-state index in [0.29, 0.717) is 12.4 Å². The van der Waals surface area contributed by atoms with Crippen LogP contribution in [0.1, 0.15) is 43.0 Å². The first-order valence-electron chi connectivity index (χ1n) is 6.95. The number of nitrogens with zero attached hydrogens (tertiary/aromatic N) is 2. The smallest absolute Gasteiger partial charge is 0.231 e. The van der Waals surface area contributed by atoms with Gasteiger partial charge in [0, 0.05) is 11.4 Å². The molecule has 2 aromatic rings. The van der Waals surface area contributed by atoms with Gasteiger partial charge in [0.15, 0.2) is 5.82 Å². The Bertz CT molecular complexity index is 541. The molecule has 4 nitrogen and oxygen atoms in total. The Kier molecular flexibility index (Phi) is 5.61. The molecule has 0 saturated heterocycles. The van der Waals surface area contributed by atoms with E-state index in [0.717, 1.165) is 24.4 Å². The number of aromatic nitrogens is 2. The molecule has 0 amide bonds. The summed E-state index contributed by atoms with van der Waals surface area (Å²) in [6.07, 6.45) is 2.06. The van der Waals surface area contributed by atoms with Crippen LogP contribution in [-0.2, 0) is 5.75 Å². The van der Waals surface area contributed by atoms with Crippen LogP contribution in [0.2, 0.25) is 0 Å². The van der Waals surface area contributed by atoms with Gasteiger partial charge in [0.05, 0.1) is 11.7 Å². The molecule has 0 saturated carbocycles. The minimum atomic E-state index is 0.185. The molecule has 0 aliphatic heterocycles. The van der Waals surface area contributed by atoms with Crippen molar-refractivity contribution in [2.24, 2.45) is 5.73 Å². The van der Waals surface area contributed by atoms with E-state index in [2.05, 4.69) is 48.3 Å². The maximum Gasteiger partial charge on any atom is 0.231 e. The van der Waals surface area contributed by atoms with Gasteiger partial charge in [-0.25, -0.2) is 0 Å². The van der Waals surface area contributed by atoms with Crippen LogP contribution < -0.4 is 5.73 Å². The molecule has 0 bridgehead atoms. The number of hydrogen-bond donors (Lipinski definition) is 1. The molecule has 1 heterocycles. The van der Waals surface area contributed by atoms with E-state index < -0.39 is 0 Å². The number of rotatable bonds is 7. The molecule has 2 N–H and O–H groups in total. The van der Waals surface area contributed by atoms with Crippen molar-refractivity contribution in [1.29, 1.82) is 0 Å². The van der Waals surface area contributed by atoms with Crippen LogP contribution in [0, 0.1) is 6.92 Å². The Morgan fingerprint density at radius 3 is 2.95 bits per heavy atom. The summed E-state index contributed by atoms with van der Waals surface area (Å²) in [7, 11) is 0. The van der Waals surface area contributed by atoms with Gasteiger partial charge in [0.2, 0.25) is 5.89 Å². The molecular weight excluding hydrogens is 270 g/mol. The Morgan fingerprint density at radius 1 is 1.40 bits per heavy atom. The predicted octanol–water partition coefficient (Wildman–Crippen LogP) is 3.51. The second kappa shape index (κ2) is 7.45. The molecule has 1 atom stereocenters. The average molecular weight is 291 g/mol. The Morgan fingerprint density at radius 2 is 2.25 bits per heavy atom. The van der Waals surface area contributed by atoms with Crippen molar-refractivity contribution in [2.45, 2.75) is 43.3 Å². The first kappa shape index (κ1) is 15.1. The molecular formula is C15H21N3OS. The normalized spacial score (nSPS) is 12.6. The summed E-state index contributed by atoms with van der Waals surface area (Å²) in [4.78, 5) is 5.68. The van der Waals surface area contributed by atoms with Crippen LogP contribution in [0.15, 0.2) is 33.7 Å². The fourth-order valence-corrected chi connectivity index (χ4v) is 2.89. The van der Waals surface area contributed by atoms with Crippen molar-refractivity contribution in [3.05, 3.63) is 41.5 Å². The first-order valence-corrected chi connectivity index (χ1v) is 7.93. The van der Waals surface area contributed by atoms with E-state index in [4.69, 9.17) is 10.3 Å². The van der Waals surface area contributed by atoms with Crippen molar-refractivity contribution in [2.75, 3.05) is 6.54 Å². The summed E-state index contributed by atoms with van der Waals surface area (Å²) in [6.45, 7) is 4.78. The van der Waals surface area contributed by atoms with Crippen LogP contribution in [-0.4, -0.2) is 16.7 Å². The van der Waals surface area contributed by atoms with Crippen molar-refractivity contribution in [3.63, 3.8) is 0 Å². The van der Waals surface area contributed by atoms with Gasteiger partial charge in [-0.15, -0.1) is 11.8 Å². The standard InChI is InChI=1S/C15H21N3OS/c1-3-5-12(9-16)15-17-14(18-19-15)10-20-13-7-4-6-11(2)8-13/h4,6-8,12H,3,5,9-10,16H2,1-2H3. The molecule has 0 spiro atoms. The minimum Gasteiger partial charge on any atom is -0.339 e. The van der Waals surface area contributed by atoms with Gasteiger partial charge in [0.25, 0.3) is 0 Å². The minimum absolute atomic E-state index is 0.185. The van der Waals surface area contributed by atoms with E-state index in [1.54, 1.807) is 11.8 Å². The lowest BCUT2D eigenvalue weighted by atomic mass is 10.0. The highest BCUT2D eigenvalue weighted by molar-refractivity contribution is 7.98. The average Bonchev–Trinajstić information content (AvgIpc) is 2.91. The third kappa shape index (κ3) is 4.08. The van der Waals surface area contributed by atoms with E-state index in [1.807, 2.05) is 0 Å². The number of hydrogen-bond acceptors (Lipinski definition) is 5. The molecule has 108 valence electrons. The van der Waals surface area contributed by atoms with Gasteiger partial charge in [-0.2, -0.15) is 4.98 Å². The zero-order chi connectivity index (χ0) is 14.4. The summed E-state index contributed by atoms with van der Waals surface area (Å²) in [6, 6.07) is 8.40. The van der Waals surface area contributed by atoms with Crippen LogP contribution in [0.3, 0.4) is 0 Å². The molecule has 5 heteroatoms. The Balaban J connectivity index is 1.95.